The van der Waals surface area contributed by atoms with Crippen LogP contribution in [0.1, 0.15) is 6.92 Å². The minimum Gasteiger partial charge on any atom is -0.501 e. The first kappa shape index (κ1) is 14.4. The summed E-state index contributed by atoms with van der Waals surface area (Å²) in [5, 5.41) is 0.453. The van der Waals surface area contributed by atoms with Crippen LogP contribution in [0.15, 0.2) is 54.5 Å². The van der Waals surface area contributed by atoms with E-state index in [2.05, 4.69) is 0 Å². The fourth-order valence-corrected chi connectivity index (χ4v) is 1.96. The molecule has 0 saturated heterocycles. The summed E-state index contributed by atoms with van der Waals surface area (Å²) in [6.45, 7) is 1.75. The van der Waals surface area contributed by atoms with Gasteiger partial charge in [0, 0.05) is 5.56 Å². The molecule has 4 heteroatoms. The third-order valence-corrected chi connectivity index (χ3v) is 2.98. The van der Waals surface area contributed by atoms with Crippen molar-refractivity contribution in [2.45, 2.75) is 6.92 Å². The van der Waals surface area contributed by atoms with Gasteiger partial charge >= 0.3 is 0 Å². The first-order valence-electron chi connectivity index (χ1n) is 6.03. The fourth-order valence-electron chi connectivity index (χ4n) is 1.81. The van der Waals surface area contributed by atoms with E-state index >= 15 is 0 Å². The van der Waals surface area contributed by atoms with Crippen molar-refractivity contribution in [2.75, 3.05) is 7.11 Å². The Morgan fingerprint density at radius 3 is 2.65 bits per heavy atom. The lowest BCUT2D eigenvalue weighted by atomic mass is 10.1. The third kappa shape index (κ3) is 3.31. The fraction of sp³-hybridized carbons (Fsp3) is 0.125. The largest absolute Gasteiger partial charge is 0.501 e. The Balaban J connectivity index is 2.39. The van der Waals surface area contributed by atoms with Gasteiger partial charge in [0.2, 0.25) is 0 Å². The van der Waals surface area contributed by atoms with Crippen molar-refractivity contribution in [1.82, 2.24) is 0 Å². The Morgan fingerprint density at radius 2 is 1.95 bits per heavy atom. The quantitative estimate of drug-likeness (QED) is 0.736. The van der Waals surface area contributed by atoms with Gasteiger partial charge in [-0.2, -0.15) is 0 Å². The normalized spacial score (nSPS) is 11.3. The molecular formula is C16H14ClFO2. The van der Waals surface area contributed by atoms with Gasteiger partial charge in [0.25, 0.3) is 0 Å². The van der Waals surface area contributed by atoms with Crippen molar-refractivity contribution in [2.24, 2.45) is 0 Å². The number of allylic oxidation sites excluding steroid dienone is 1. The molecule has 2 aromatic rings. The van der Waals surface area contributed by atoms with Crippen LogP contribution in [0.25, 0.3) is 11.1 Å². The number of benzene rings is 2. The van der Waals surface area contributed by atoms with Gasteiger partial charge in [0.15, 0.2) is 0 Å². The topological polar surface area (TPSA) is 18.5 Å². The van der Waals surface area contributed by atoms with E-state index in [1.54, 1.807) is 43.3 Å². The molecule has 0 aliphatic carbocycles. The van der Waals surface area contributed by atoms with E-state index in [1.165, 1.54) is 19.4 Å². The van der Waals surface area contributed by atoms with E-state index in [9.17, 15) is 4.39 Å². The molecule has 20 heavy (non-hydrogen) atoms. The number of halogens is 2. The van der Waals surface area contributed by atoms with Crippen LogP contribution in [0.2, 0.25) is 5.02 Å². The lowest BCUT2D eigenvalue weighted by Gasteiger charge is -2.10. The summed E-state index contributed by atoms with van der Waals surface area (Å²) < 4.78 is 24.2. The van der Waals surface area contributed by atoms with Gasteiger partial charge in [-0.25, -0.2) is 4.39 Å². The summed E-state index contributed by atoms with van der Waals surface area (Å²) in [5.41, 5.74) is 1.20. The summed E-state index contributed by atoms with van der Waals surface area (Å²) in [6.07, 6.45) is 1.46. The minimum absolute atomic E-state index is 0.287. The Morgan fingerprint density at radius 1 is 1.20 bits per heavy atom. The molecule has 2 aromatic carbocycles. The average molecular weight is 293 g/mol. The second-order valence-electron chi connectivity index (χ2n) is 4.19. The summed E-state index contributed by atoms with van der Waals surface area (Å²) in [5.74, 6) is 0.725. The highest BCUT2D eigenvalue weighted by Crippen LogP contribution is 2.32. The molecule has 0 radical (unpaired) electrons. The van der Waals surface area contributed by atoms with E-state index in [0.29, 0.717) is 27.7 Å². The molecule has 2 nitrogen and oxygen atoms in total. The van der Waals surface area contributed by atoms with Crippen LogP contribution < -0.4 is 4.74 Å². The maximum atomic E-state index is 13.8. The lowest BCUT2D eigenvalue weighted by Crippen LogP contribution is -1.93. The van der Waals surface area contributed by atoms with Crippen molar-refractivity contribution in [3.05, 3.63) is 65.3 Å². The smallest absolute Gasteiger partial charge is 0.146 e. The molecule has 0 aromatic heterocycles. The van der Waals surface area contributed by atoms with Crippen molar-refractivity contribution in [3.63, 3.8) is 0 Å². The van der Waals surface area contributed by atoms with E-state index in [-0.39, 0.29) is 5.82 Å². The van der Waals surface area contributed by atoms with E-state index in [1.807, 2.05) is 0 Å². The van der Waals surface area contributed by atoms with Crippen LogP contribution in [0.5, 0.6) is 5.75 Å². The van der Waals surface area contributed by atoms with Gasteiger partial charge in [-0.1, -0.05) is 35.9 Å². The zero-order valence-corrected chi connectivity index (χ0v) is 11.9. The summed E-state index contributed by atoms with van der Waals surface area (Å²) in [7, 11) is 1.53. The molecule has 0 bridgehead atoms. The molecule has 0 unspecified atom stereocenters. The number of methoxy groups -OCH3 is 1. The highest BCUT2D eigenvalue weighted by molar-refractivity contribution is 6.32. The molecular weight excluding hydrogens is 279 g/mol. The summed E-state index contributed by atoms with van der Waals surface area (Å²) in [4.78, 5) is 0. The second kappa shape index (κ2) is 6.44. The molecule has 0 aliphatic rings. The molecule has 0 heterocycles. The number of ether oxygens (including phenoxy) is 2. The van der Waals surface area contributed by atoms with Crippen molar-refractivity contribution in [3.8, 4) is 16.9 Å². The van der Waals surface area contributed by atoms with Gasteiger partial charge in [-0.15, -0.1) is 0 Å². The van der Waals surface area contributed by atoms with Crippen LogP contribution in [-0.2, 0) is 4.74 Å². The average Bonchev–Trinajstić information content (AvgIpc) is 2.42. The zero-order valence-electron chi connectivity index (χ0n) is 11.2. The van der Waals surface area contributed by atoms with Crippen LogP contribution in [0, 0.1) is 5.82 Å². The third-order valence-electron chi connectivity index (χ3n) is 2.67. The van der Waals surface area contributed by atoms with E-state index < -0.39 is 0 Å². The number of rotatable bonds is 4. The predicted molar refractivity (Wildman–Crippen MR) is 78.2 cm³/mol. The first-order chi connectivity index (χ1) is 9.61. The second-order valence-corrected chi connectivity index (χ2v) is 4.60. The maximum Gasteiger partial charge on any atom is 0.146 e. The Kier molecular flexibility index (Phi) is 4.64. The Bertz CT molecular complexity index is 638. The minimum atomic E-state index is -0.287. The molecule has 0 amide bonds. The van der Waals surface area contributed by atoms with Crippen molar-refractivity contribution in [1.29, 1.82) is 0 Å². The highest BCUT2D eigenvalue weighted by atomic mass is 35.5. The molecule has 0 saturated carbocycles. The van der Waals surface area contributed by atoms with Gasteiger partial charge in [0.05, 0.1) is 12.1 Å². The molecule has 0 atom stereocenters. The summed E-state index contributed by atoms with van der Waals surface area (Å²) in [6, 6.07) is 11.7. The van der Waals surface area contributed by atoms with Gasteiger partial charge < -0.3 is 9.47 Å². The lowest BCUT2D eigenvalue weighted by molar-refractivity contribution is 0.304. The standard InChI is InChI=1S/C16H14ClFO2/c1-11(10-19-2)20-16-9-12(7-8-14(16)17)13-5-3-4-6-15(13)18/h3-10H,1-2H3/b11-10+. The van der Waals surface area contributed by atoms with Gasteiger partial charge in [0.1, 0.15) is 23.6 Å². The monoisotopic (exact) mass is 292 g/mol. The van der Waals surface area contributed by atoms with Crippen molar-refractivity contribution < 1.29 is 13.9 Å². The number of hydrogen-bond donors (Lipinski definition) is 0. The van der Waals surface area contributed by atoms with Gasteiger partial charge in [-0.3, -0.25) is 0 Å². The molecule has 104 valence electrons. The first-order valence-corrected chi connectivity index (χ1v) is 6.41. The van der Waals surface area contributed by atoms with Crippen LogP contribution in [0.4, 0.5) is 4.39 Å². The molecule has 0 N–H and O–H groups in total. The SMILES string of the molecule is CO/C=C(\C)Oc1cc(-c2ccccc2F)ccc1Cl. The van der Waals surface area contributed by atoms with Crippen LogP contribution in [0.3, 0.4) is 0 Å². The molecule has 0 aliphatic heterocycles. The van der Waals surface area contributed by atoms with Crippen LogP contribution in [-0.4, -0.2) is 7.11 Å². The van der Waals surface area contributed by atoms with E-state index in [4.69, 9.17) is 21.1 Å². The maximum absolute atomic E-state index is 13.8. The van der Waals surface area contributed by atoms with Crippen molar-refractivity contribution >= 4 is 11.6 Å². The number of hydrogen-bond acceptors (Lipinski definition) is 2. The summed E-state index contributed by atoms with van der Waals surface area (Å²) >= 11 is 6.08. The Hall–Kier alpha value is -2.00. The zero-order chi connectivity index (χ0) is 14.5. The molecule has 0 fully saturated rings. The molecule has 2 rings (SSSR count). The van der Waals surface area contributed by atoms with Gasteiger partial charge in [-0.05, 0) is 30.7 Å². The van der Waals surface area contributed by atoms with Crippen LogP contribution >= 0.6 is 11.6 Å². The molecule has 0 spiro atoms. The van der Waals surface area contributed by atoms with E-state index in [0.717, 1.165) is 0 Å². The highest BCUT2D eigenvalue weighted by Gasteiger charge is 2.09. The Labute approximate surface area is 122 Å². The predicted octanol–water partition coefficient (Wildman–Crippen LogP) is 5.03.